The van der Waals surface area contributed by atoms with E-state index in [1.54, 1.807) is 48.2 Å². The average molecular weight is 507 g/mol. The third kappa shape index (κ3) is 5.78. The molecule has 1 aliphatic rings. The molecule has 1 heterocycles. The van der Waals surface area contributed by atoms with Crippen molar-refractivity contribution in [1.29, 1.82) is 5.26 Å². The molecular formula is C26H30N6O3S. The van der Waals surface area contributed by atoms with Crippen molar-refractivity contribution in [3.8, 4) is 6.07 Å². The summed E-state index contributed by atoms with van der Waals surface area (Å²) in [7, 11) is 3.37. The topological polar surface area (TPSA) is 128 Å². The van der Waals surface area contributed by atoms with Gasteiger partial charge < -0.3 is 20.6 Å². The number of thioether (sulfide) groups is 1. The van der Waals surface area contributed by atoms with Gasteiger partial charge in [0, 0.05) is 26.1 Å². The molecule has 36 heavy (non-hydrogen) atoms. The van der Waals surface area contributed by atoms with E-state index in [9.17, 15) is 20.0 Å². The molecule has 0 aliphatic heterocycles. The number of primary amides is 1. The second-order valence-electron chi connectivity index (χ2n) is 9.09. The van der Waals surface area contributed by atoms with Crippen molar-refractivity contribution in [2.75, 3.05) is 38.7 Å². The molecule has 1 unspecified atom stereocenters. The summed E-state index contributed by atoms with van der Waals surface area (Å²) >= 11 is 1.06. The first-order valence-electron chi connectivity index (χ1n) is 11.6. The van der Waals surface area contributed by atoms with Gasteiger partial charge in [-0.05, 0) is 30.4 Å². The van der Waals surface area contributed by atoms with E-state index in [2.05, 4.69) is 15.9 Å². The van der Waals surface area contributed by atoms with Crippen molar-refractivity contribution in [3.05, 3.63) is 58.4 Å². The molecule has 1 aliphatic carbocycles. The molecule has 10 heteroatoms. The van der Waals surface area contributed by atoms with Gasteiger partial charge in [0.1, 0.15) is 22.2 Å². The summed E-state index contributed by atoms with van der Waals surface area (Å²) < 4.78 is 0. The summed E-state index contributed by atoms with van der Waals surface area (Å²) in [6.45, 7) is 10.1. The van der Waals surface area contributed by atoms with Crippen LogP contribution in [-0.2, 0) is 16.0 Å². The number of carbonyl (C=O) groups is 2. The minimum atomic E-state index is -0.784. The molecule has 188 valence electrons. The van der Waals surface area contributed by atoms with Crippen LogP contribution in [0.3, 0.4) is 0 Å². The maximum Gasteiger partial charge on any atom is 0.241 e. The summed E-state index contributed by atoms with van der Waals surface area (Å²) in [6, 6.07) is 11.1. The lowest BCUT2D eigenvalue weighted by molar-refractivity contribution is -0.129. The zero-order valence-corrected chi connectivity index (χ0v) is 21.5. The van der Waals surface area contributed by atoms with Gasteiger partial charge in [0.15, 0.2) is 0 Å². The zero-order valence-electron chi connectivity index (χ0n) is 20.7. The number of likely N-dealkylation sites (N-methyl/N-ethyl adjacent to an activating group) is 2. The molecule has 0 saturated heterocycles. The molecule has 3 N–H and O–H groups in total. The van der Waals surface area contributed by atoms with Gasteiger partial charge in [0.2, 0.25) is 17.5 Å². The van der Waals surface area contributed by atoms with E-state index in [-0.39, 0.29) is 46.6 Å². The third-order valence-electron chi connectivity index (χ3n) is 6.41. The van der Waals surface area contributed by atoms with Gasteiger partial charge in [-0.3, -0.25) is 9.59 Å². The van der Waals surface area contributed by atoms with E-state index in [1.165, 1.54) is 0 Å². The van der Waals surface area contributed by atoms with E-state index in [1.807, 2.05) is 13.0 Å². The number of nitrogens with two attached hydrogens (primary N) is 1. The number of carbonyl (C=O) groups excluding carboxylic acids is 2. The molecular weight excluding hydrogens is 476 g/mol. The first-order valence-corrected chi connectivity index (χ1v) is 12.5. The summed E-state index contributed by atoms with van der Waals surface area (Å²) in [4.78, 5) is 36.7. The number of anilines is 1. The highest BCUT2D eigenvalue weighted by Crippen LogP contribution is 2.45. The largest absolute Gasteiger partial charge is 0.396 e. The number of nitrogens with zero attached hydrogens (tertiary/aromatic N) is 5. The molecule has 1 atom stereocenters. The molecule has 2 amide bonds. The van der Waals surface area contributed by atoms with Crippen LogP contribution in [0.5, 0.6) is 0 Å². The highest BCUT2D eigenvalue weighted by Gasteiger charge is 2.43. The van der Waals surface area contributed by atoms with Crippen LogP contribution in [0.4, 0.5) is 11.5 Å². The summed E-state index contributed by atoms with van der Waals surface area (Å²) in [5.74, 6) is -0.482. The van der Waals surface area contributed by atoms with Gasteiger partial charge in [-0.25, -0.2) is 9.83 Å². The van der Waals surface area contributed by atoms with Crippen molar-refractivity contribution in [3.63, 3.8) is 0 Å². The van der Waals surface area contributed by atoms with Gasteiger partial charge in [0.25, 0.3) is 0 Å². The normalized spacial score (nSPS) is 14.3. The summed E-state index contributed by atoms with van der Waals surface area (Å²) in [6.07, 6.45) is 2.18. The Balaban J connectivity index is 1.97. The van der Waals surface area contributed by atoms with Crippen LogP contribution in [0.15, 0.2) is 35.4 Å². The van der Waals surface area contributed by atoms with Gasteiger partial charge in [-0.1, -0.05) is 49.0 Å². The molecule has 1 aromatic heterocycles. The standard InChI is InChI=1S/C26H30N6O3S/c1-5-18-19(13-27)25(36-22(23(28)35)17-9-7-6-8-10-17)30-24(21(18)29-2)31(3)14-20(34)32(4)15-26(16-33)11-12-26/h6-10,22,33H,5,11-12,14-16H2,1,3-4H3,(H2,28,35). The van der Waals surface area contributed by atoms with Crippen LogP contribution in [0.1, 0.15) is 41.7 Å². The Morgan fingerprint density at radius 2 is 2.00 bits per heavy atom. The lowest BCUT2D eigenvalue weighted by Gasteiger charge is -2.27. The Hall–Kier alpha value is -3.60. The number of benzene rings is 1. The van der Waals surface area contributed by atoms with Gasteiger partial charge in [-0.2, -0.15) is 5.26 Å². The highest BCUT2D eigenvalue weighted by atomic mass is 32.2. The second-order valence-corrected chi connectivity index (χ2v) is 10.2. The third-order valence-corrected chi connectivity index (χ3v) is 7.67. The number of aliphatic hydroxyl groups is 1. The number of hydrogen-bond acceptors (Lipinski definition) is 7. The minimum Gasteiger partial charge on any atom is -0.396 e. The maximum absolute atomic E-state index is 12.9. The maximum atomic E-state index is 12.9. The van der Waals surface area contributed by atoms with Crippen LogP contribution in [0.25, 0.3) is 4.85 Å². The van der Waals surface area contributed by atoms with Crippen molar-refractivity contribution in [1.82, 2.24) is 9.88 Å². The van der Waals surface area contributed by atoms with Gasteiger partial charge in [-0.15, -0.1) is 0 Å². The lowest BCUT2D eigenvalue weighted by Crippen LogP contribution is -2.40. The van der Waals surface area contributed by atoms with Crippen LogP contribution < -0.4 is 10.6 Å². The highest BCUT2D eigenvalue weighted by molar-refractivity contribution is 8.00. The van der Waals surface area contributed by atoms with E-state index < -0.39 is 11.2 Å². The minimum absolute atomic E-state index is 0.0371. The number of pyridine rings is 1. The SMILES string of the molecule is [C-]#[N+]c1c(N(C)CC(=O)N(C)CC2(CO)CC2)nc(SC(C(N)=O)c2ccccc2)c(C#N)c1CC. The summed E-state index contributed by atoms with van der Waals surface area (Å²) in [5, 5.41) is 19.0. The molecule has 0 radical (unpaired) electrons. The Morgan fingerprint density at radius 1 is 1.33 bits per heavy atom. The fourth-order valence-corrected chi connectivity index (χ4v) is 5.14. The Bertz CT molecular complexity index is 1220. The Kier molecular flexibility index (Phi) is 8.57. The number of aliphatic hydroxyl groups excluding tert-OH is 1. The van der Waals surface area contributed by atoms with Crippen LogP contribution >= 0.6 is 11.8 Å². The van der Waals surface area contributed by atoms with E-state index >= 15 is 0 Å². The smallest absolute Gasteiger partial charge is 0.241 e. The Morgan fingerprint density at radius 3 is 2.50 bits per heavy atom. The number of hydrogen-bond donors (Lipinski definition) is 2. The van der Waals surface area contributed by atoms with Crippen molar-refractivity contribution in [2.45, 2.75) is 36.5 Å². The molecule has 0 spiro atoms. The molecule has 3 rings (SSSR count). The quantitative estimate of drug-likeness (QED) is 0.354. The van der Waals surface area contributed by atoms with Crippen LogP contribution in [0, 0.1) is 23.3 Å². The zero-order chi connectivity index (χ0) is 26.5. The molecule has 1 fully saturated rings. The first-order chi connectivity index (χ1) is 17.2. The monoisotopic (exact) mass is 506 g/mol. The van der Waals surface area contributed by atoms with Crippen molar-refractivity contribution >= 4 is 35.1 Å². The summed E-state index contributed by atoms with van der Waals surface area (Å²) in [5.41, 5.74) is 7.12. The molecule has 1 saturated carbocycles. The van der Waals surface area contributed by atoms with Crippen molar-refractivity contribution < 1.29 is 14.7 Å². The number of nitriles is 1. The average Bonchev–Trinajstić information content (AvgIpc) is 3.65. The molecule has 1 aromatic carbocycles. The molecule has 0 bridgehead atoms. The number of aromatic nitrogens is 1. The molecule has 2 aromatic rings. The predicted molar refractivity (Wildman–Crippen MR) is 138 cm³/mol. The lowest BCUT2D eigenvalue weighted by atomic mass is 10.1. The van der Waals surface area contributed by atoms with Gasteiger partial charge in [0.05, 0.1) is 25.3 Å². The molecule has 9 nitrogen and oxygen atoms in total. The van der Waals surface area contributed by atoms with Gasteiger partial charge >= 0.3 is 0 Å². The number of amides is 2. The van der Waals surface area contributed by atoms with Crippen molar-refractivity contribution in [2.24, 2.45) is 11.1 Å². The predicted octanol–water partition coefficient (Wildman–Crippen LogP) is 3.05. The van der Waals surface area contributed by atoms with Crippen LogP contribution in [-0.4, -0.2) is 60.6 Å². The fourth-order valence-electron chi connectivity index (χ4n) is 4.08. The number of rotatable bonds is 11. The second kappa shape index (κ2) is 11.4. The first kappa shape index (κ1) is 27.0. The van der Waals surface area contributed by atoms with Crippen LogP contribution in [0.2, 0.25) is 0 Å². The fraction of sp³-hybridized carbons (Fsp3) is 0.423. The van der Waals surface area contributed by atoms with E-state index in [4.69, 9.17) is 12.3 Å². The van der Waals surface area contributed by atoms with E-state index in [0.717, 1.165) is 24.6 Å². The van der Waals surface area contributed by atoms with E-state index in [0.29, 0.717) is 24.1 Å². The Labute approximate surface area is 215 Å².